The predicted octanol–water partition coefficient (Wildman–Crippen LogP) is 0.457. The minimum atomic E-state index is -1.79. The summed E-state index contributed by atoms with van der Waals surface area (Å²) in [5.41, 5.74) is -1.36. The van der Waals surface area contributed by atoms with Gasteiger partial charge in [-0.3, -0.25) is 14.4 Å². The lowest BCUT2D eigenvalue weighted by Crippen LogP contribution is -2.63. The number of hydrogen-bond donors (Lipinski definition) is 1. The number of carbonyl (C=O) groups is 3. The van der Waals surface area contributed by atoms with Gasteiger partial charge in [-0.2, -0.15) is 0 Å². The molecule has 1 amide bonds. The second-order valence-corrected chi connectivity index (χ2v) is 5.90. The van der Waals surface area contributed by atoms with E-state index >= 15 is 0 Å². The molecule has 130 valence electrons. The minimum Gasteiger partial charge on any atom is -0.465 e. The van der Waals surface area contributed by atoms with Gasteiger partial charge in [-0.1, -0.05) is 30.3 Å². The molecular weight excluding hydrogens is 314 g/mol. The van der Waals surface area contributed by atoms with Crippen molar-refractivity contribution in [3.8, 4) is 0 Å². The zero-order valence-corrected chi connectivity index (χ0v) is 13.9. The van der Waals surface area contributed by atoms with Crippen LogP contribution in [-0.2, 0) is 29.5 Å². The van der Waals surface area contributed by atoms with Crippen molar-refractivity contribution in [3.05, 3.63) is 35.9 Å². The number of benzene rings is 1. The van der Waals surface area contributed by atoms with Crippen LogP contribution in [0.4, 0.5) is 0 Å². The molecule has 1 fully saturated rings. The Hall–Kier alpha value is -2.41. The standard InChI is InChI=1S/C17H21NO6/c1-11(19)23-10-14-9-18(3)16(21)15(24-12(2)20)17(14,22)13-7-5-4-6-8-13/h4-8,14-15,22H,9-10H2,1-3H3. The van der Waals surface area contributed by atoms with Crippen molar-refractivity contribution in [1.82, 2.24) is 4.90 Å². The molecule has 0 aromatic heterocycles. The van der Waals surface area contributed by atoms with Crippen LogP contribution in [0.25, 0.3) is 0 Å². The number of rotatable bonds is 4. The summed E-state index contributed by atoms with van der Waals surface area (Å²) in [4.78, 5) is 36.5. The molecule has 0 saturated carbocycles. The number of nitrogens with zero attached hydrogens (tertiary/aromatic N) is 1. The van der Waals surface area contributed by atoms with Crippen LogP contribution in [0.15, 0.2) is 30.3 Å². The molecule has 0 aliphatic carbocycles. The summed E-state index contributed by atoms with van der Waals surface area (Å²) >= 11 is 0. The van der Waals surface area contributed by atoms with Gasteiger partial charge in [0.25, 0.3) is 5.91 Å². The number of likely N-dealkylation sites (tertiary alicyclic amines) is 1. The maximum Gasteiger partial charge on any atom is 0.303 e. The van der Waals surface area contributed by atoms with Crippen LogP contribution in [0.3, 0.4) is 0 Å². The van der Waals surface area contributed by atoms with Crippen molar-refractivity contribution < 1.29 is 29.0 Å². The first kappa shape index (κ1) is 17.9. The first-order valence-corrected chi connectivity index (χ1v) is 7.60. The summed E-state index contributed by atoms with van der Waals surface area (Å²) in [5.74, 6) is -2.32. The lowest BCUT2D eigenvalue weighted by atomic mass is 9.74. The molecule has 2 rings (SSSR count). The summed E-state index contributed by atoms with van der Waals surface area (Å²) in [5, 5.41) is 11.4. The van der Waals surface area contributed by atoms with Crippen molar-refractivity contribution in [2.45, 2.75) is 25.6 Å². The second-order valence-electron chi connectivity index (χ2n) is 5.90. The summed E-state index contributed by atoms with van der Waals surface area (Å²) in [6.45, 7) is 2.50. The zero-order chi connectivity index (χ0) is 17.9. The summed E-state index contributed by atoms with van der Waals surface area (Å²) in [6.07, 6.45) is -1.41. The van der Waals surface area contributed by atoms with Crippen LogP contribution in [0.2, 0.25) is 0 Å². The van der Waals surface area contributed by atoms with E-state index in [1.54, 1.807) is 37.4 Å². The normalized spacial score (nSPS) is 26.8. The molecule has 7 heteroatoms. The van der Waals surface area contributed by atoms with Crippen molar-refractivity contribution in [2.24, 2.45) is 5.92 Å². The van der Waals surface area contributed by atoms with Gasteiger partial charge in [0.2, 0.25) is 6.10 Å². The fourth-order valence-electron chi connectivity index (χ4n) is 2.96. The van der Waals surface area contributed by atoms with Gasteiger partial charge in [-0.25, -0.2) is 0 Å². The molecule has 0 spiro atoms. The molecule has 1 aromatic rings. The van der Waals surface area contributed by atoms with E-state index < -0.39 is 35.5 Å². The Morgan fingerprint density at radius 3 is 2.42 bits per heavy atom. The number of ether oxygens (including phenoxy) is 2. The van der Waals surface area contributed by atoms with Gasteiger partial charge in [-0.05, 0) is 5.56 Å². The Bertz CT molecular complexity index is 631. The molecule has 3 unspecified atom stereocenters. The van der Waals surface area contributed by atoms with Crippen LogP contribution in [0, 0.1) is 5.92 Å². The minimum absolute atomic E-state index is 0.101. The van der Waals surface area contributed by atoms with Crippen LogP contribution >= 0.6 is 0 Å². The van der Waals surface area contributed by atoms with Gasteiger partial charge >= 0.3 is 11.9 Å². The Balaban J connectivity index is 2.49. The highest BCUT2D eigenvalue weighted by Crippen LogP contribution is 2.39. The molecule has 1 N–H and O–H groups in total. The highest BCUT2D eigenvalue weighted by atomic mass is 16.6. The number of likely N-dealkylation sites (N-methyl/N-ethyl adjacent to an activating group) is 1. The third-order valence-electron chi connectivity index (χ3n) is 4.12. The zero-order valence-electron chi connectivity index (χ0n) is 13.9. The molecule has 3 atom stereocenters. The van der Waals surface area contributed by atoms with Crippen molar-refractivity contribution >= 4 is 17.8 Å². The maximum absolute atomic E-state index is 12.5. The maximum atomic E-state index is 12.5. The highest BCUT2D eigenvalue weighted by molar-refractivity contribution is 5.86. The molecule has 1 aromatic carbocycles. The molecule has 0 bridgehead atoms. The Morgan fingerprint density at radius 2 is 1.88 bits per heavy atom. The average Bonchev–Trinajstić information content (AvgIpc) is 2.54. The number of aliphatic hydroxyl groups is 1. The highest BCUT2D eigenvalue weighted by Gasteiger charge is 2.56. The summed E-state index contributed by atoms with van der Waals surface area (Å²) in [6, 6.07) is 8.49. The topological polar surface area (TPSA) is 93.1 Å². The van der Waals surface area contributed by atoms with Crippen LogP contribution in [-0.4, -0.2) is 54.2 Å². The largest absolute Gasteiger partial charge is 0.465 e. The fourth-order valence-corrected chi connectivity index (χ4v) is 2.96. The summed E-state index contributed by atoms with van der Waals surface area (Å²) in [7, 11) is 1.55. The van der Waals surface area contributed by atoms with E-state index in [1.165, 1.54) is 18.7 Å². The third-order valence-corrected chi connectivity index (χ3v) is 4.12. The average molecular weight is 335 g/mol. The molecule has 24 heavy (non-hydrogen) atoms. The molecule has 0 radical (unpaired) electrons. The smallest absolute Gasteiger partial charge is 0.303 e. The first-order valence-electron chi connectivity index (χ1n) is 7.60. The third kappa shape index (κ3) is 3.41. The molecule has 1 aliphatic heterocycles. The monoisotopic (exact) mass is 335 g/mol. The van der Waals surface area contributed by atoms with Gasteiger partial charge < -0.3 is 19.5 Å². The van der Waals surface area contributed by atoms with Crippen molar-refractivity contribution in [3.63, 3.8) is 0 Å². The molecule has 1 heterocycles. The number of hydrogen-bond acceptors (Lipinski definition) is 6. The molecular formula is C17H21NO6. The van der Waals surface area contributed by atoms with Gasteiger partial charge in [0.15, 0.2) is 0 Å². The van der Waals surface area contributed by atoms with Crippen LogP contribution in [0.5, 0.6) is 0 Å². The van der Waals surface area contributed by atoms with Crippen molar-refractivity contribution in [2.75, 3.05) is 20.2 Å². The van der Waals surface area contributed by atoms with E-state index in [-0.39, 0.29) is 13.2 Å². The second kappa shape index (κ2) is 7.00. The van der Waals surface area contributed by atoms with E-state index in [0.29, 0.717) is 5.56 Å². The summed E-state index contributed by atoms with van der Waals surface area (Å²) < 4.78 is 10.2. The lowest BCUT2D eigenvalue weighted by Gasteiger charge is -2.47. The first-order chi connectivity index (χ1) is 11.3. The number of amides is 1. The van der Waals surface area contributed by atoms with E-state index in [0.717, 1.165) is 0 Å². The Kier molecular flexibility index (Phi) is 5.23. The fraction of sp³-hybridized carbons (Fsp3) is 0.471. The quantitative estimate of drug-likeness (QED) is 0.804. The molecule has 1 saturated heterocycles. The number of esters is 2. The van der Waals surface area contributed by atoms with Crippen LogP contribution < -0.4 is 0 Å². The predicted molar refractivity (Wildman–Crippen MR) is 83.7 cm³/mol. The van der Waals surface area contributed by atoms with Gasteiger partial charge in [0.05, 0.1) is 6.61 Å². The Morgan fingerprint density at radius 1 is 1.25 bits per heavy atom. The SMILES string of the molecule is CC(=O)OCC1CN(C)C(=O)C(OC(C)=O)C1(O)c1ccccc1. The van der Waals surface area contributed by atoms with Crippen molar-refractivity contribution in [1.29, 1.82) is 0 Å². The van der Waals surface area contributed by atoms with E-state index in [4.69, 9.17) is 9.47 Å². The van der Waals surface area contributed by atoms with E-state index in [2.05, 4.69) is 0 Å². The van der Waals surface area contributed by atoms with E-state index in [9.17, 15) is 19.5 Å². The van der Waals surface area contributed by atoms with E-state index in [1.807, 2.05) is 0 Å². The van der Waals surface area contributed by atoms with Gasteiger partial charge in [0, 0.05) is 33.4 Å². The Labute approximate surface area is 140 Å². The van der Waals surface area contributed by atoms with Gasteiger partial charge in [0.1, 0.15) is 5.60 Å². The molecule has 7 nitrogen and oxygen atoms in total. The molecule has 1 aliphatic rings. The van der Waals surface area contributed by atoms with Crippen LogP contribution in [0.1, 0.15) is 19.4 Å². The lowest BCUT2D eigenvalue weighted by molar-refractivity contribution is -0.204. The number of piperidine rings is 1. The number of carbonyl (C=O) groups excluding carboxylic acids is 3. The van der Waals surface area contributed by atoms with Gasteiger partial charge in [-0.15, -0.1) is 0 Å².